The molecule has 0 radical (unpaired) electrons. The summed E-state index contributed by atoms with van der Waals surface area (Å²) in [4.78, 5) is 26.6. The zero-order valence-electron chi connectivity index (χ0n) is 12.6. The van der Waals surface area contributed by atoms with Crippen LogP contribution in [-0.4, -0.2) is 37.4 Å². The van der Waals surface area contributed by atoms with Gasteiger partial charge in [0.15, 0.2) is 5.16 Å². The summed E-state index contributed by atoms with van der Waals surface area (Å²) in [6.45, 7) is 3.91. The molecule has 118 valence electrons. The average molecular weight is 322 g/mol. The fraction of sp³-hybridized carbons (Fsp3) is 0.571. The van der Waals surface area contributed by atoms with Gasteiger partial charge in [0.05, 0.1) is 6.61 Å². The van der Waals surface area contributed by atoms with Gasteiger partial charge in [0.1, 0.15) is 5.25 Å². The maximum Gasteiger partial charge on any atom is 0.319 e. The summed E-state index contributed by atoms with van der Waals surface area (Å²) in [5, 5.41) is 8.39. The molecule has 0 bridgehead atoms. The van der Waals surface area contributed by atoms with Gasteiger partial charge in [-0.1, -0.05) is 11.8 Å². The average Bonchev–Trinajstić information content (AvgIpc) is 2.90. The van der Waals surface area contributed by atoms with Crippen molar-refractivity contribution in [3.8, 4) is 0 Å². The van der Waals surface area contributed by atoms with Gasteiger partial charge < -0.3 is 4.74 Å². The molecule has 22 heavy (non-hydrogen) atoms. The van der Waals surface area contributed by atoms with Crippen molar-refractivity contribution in [1.29, 1.82) is 0 Å². The predicted molar refractivity (Wildman–Crippen MR) is 82.2 cm³/mol. The van der Waals surface area contributed by atoms with Gasteiger partial charge in [-0.15, -0.1) is 10.2 Å². The largest absolute Gasteiger partial charge is 0.465 e. The third-order valence-electron chi connectivity index (χ3n) is 3.74. The van der Waals surface area contributed by atoms with Gasteiger partial charge in [-0.3, -0.25) is 19.0 Å². The van der Waals surface area contributed by atoms with E-state index in [0.29, 0.717) is 17.5 Å². The van der Waals surface area contributed by atoms with E-state index < -0.39 is 0 Å². The zero-order valence-corrected chi connectivity index (χ0v) is 13.4. The number of esters is 1. The molecule has 1 atom stereocenters. The Bertz CT molecular complexity index is 767. The van der Waals surface area contributed by atoms with E-state index in [9.17, 15) is 9.59 Å². The fourth-order valence-corrected chi connectivity index (χ4v) is 3.56. The maximum atomic E-state index is 12.1. The highest BCUT2D eigenvalue weighted by molar-refractivity contribution is 8.00. The molecule has 0 aliphatic heterocycles. The summed E-state index contributed by atoms with van der Waals surface area (Å²) in [6, 6.07) is 0. The van der Waals surface area contributed by atoms with E-state index in [1.165, 1.54) is 11.8 Å². The Balaban J connectivity index is 2.01. The number of rotatable bonds is 4. The standard InChI is InChI=1S/C14H18N4O3S/c1-3-21-12(20)8(2)22-14-17-16-13-15-11(19)9-6-4-5-7-10(9)18(13)14/h8H,3-7H2,1-2H3,(H,15,16,19)/t8-/m0/s1. The Morgan fingerprint density at radius 1 is 1.41 bits per heavy atom. The van der Waals surface area contributed by atoms with Crippen molar-refractivity contribution < 1.29 is 9.53 Å². The monoisotopic (exact) mass is 322 g/mol. The van der Waals surface area contributed by atoms with Crippen molar-refractivity contribution in [2.24, 2.45) is 0 Å². The van der Waals surface area contributed by atoms with E-state index >= 15 is 0 Å². The SMILES string of the molecule is CCOC(=O)[C@H](C)Sc1nnc2[nH]c(=O)c3c(n12)CCCC3. The summed E-state index contributed by atoms with van der Waals surface area (Å²) in [7, 11) is 0. The molecule has 8 heteroatoms. The number of aryl methyl sites for hydroxylation is 1. The molecule has 0 saturated carbocycles. The first-order chi connectivity index (χ1) is 10.6. The van der Waals surface area contributed by atoms with E-state index in [1.807, 2.05) is 4.40 Å². The van der Waals surface area contributed by atoms with Gasteiger partial charge in [0.2, 0.25) is 5.78 Å². The van der Waals surface area contributed by atoms with Crippen LogP contribution in [0.4, 0.5) is 0 Å². The van der Waals surface area contributed by atoms with Crippen LogP contribution in [0.1, 0.15) is 37.9 Å². The van der Waals surface area contributed by atoms with Gasteiger partial charge in [-0.25, -0.2) is 0 Å². The molecule has 0 unspecified atom stereocenters. The molecular weight excluding hydrogens is 304 g/mol. The van der Waals surface area contributed by atoms with E-state index in [1.54, 1.807) is 13.8 Å². The lowest BCUT2D eigenvalue weighted by Crippen LogP contribution is -2.23. The van der Waals surface area contributed by atoms with Gasteiger partial charge in [0, 0.05) is 11.3 Å². The highest BCUT2D eigenvalue weighted by Crippen LogP contribution is 2.26. The van der Waals surface area contributed by atoms with Gasteiger partial charge in [-0.2, -0.15) is 0 Å². The number of aromatic nitrogens is 4. The van der Waals surface area contributed by atoms with Crippen molar-refractivity contribution in [1.82, 2.24) is 19.6 Å². The fourth-order valence-electron chi connectivity index (χ4n) is 2.69. The highest BCUT2D eigenvalue weighted by Gasteiger charge is 2.23. The Morgan fingerprint density at radius 2 is 2.18 bits per heavy atom. The second kappa shape index (κ2) is 6.12. The van der Waals surface area contributed by atoms with Crippen LogP contribution in [0.3, 0.4) is 0 Å². The molecule has 0 saturated heterocycles. The molecule has 0 amide bonds. The van der Waals surface area contributed by atoms with Crippen LogP contribution in [0.15, 0.2) is 9.95 Å². The second-order valence-corrected chi connectivity index (χ2v) is 6.55. The first-order valence-corrected chi connectivity index (χ1v) is 8.32. The number of thioether (sulfide) groups is 1. The second-order valence-electron chi connectivity index (χ2n) is 5.24. The number of carbonyl (C=O) groups excluding carboxylic acids is 1. The van der Waals surface area contributed by atoms with Crippen molar-refractivity contribution in [3.05, 3.63) is 21.6 Å². The molecule has 1 aliphatic carbocycles. The molecule has 2 heterocycles. The zero-order chi connectivity index (χ0) is 15.7. The summed E-state index contributed by atoms with van der Waals surface area (Å²) in [5.74, 6) is 0.159. The molecule has 1 aliphatic rings. The van der Waals surface area contributed by atoms with Crippen LogP contribution in [-0.2, 0) is 22.4 Å². The number of aromatic amines is 1. The minimum atomic E-state index is -0.376. The topological polar surface area (TPSA) is 89.3 Å². The van der Waals surface area contributed by atoms with E-state index in [4.69, 9.17) is 4.74 Å². The number of ether oxygens (including phenoxy) is 1. The number of H-pyrrole nitrogens is 1. The van der Waals surface area contributed by atoms with Crippen LogP contribution in [0.2, 0.25) is 0 Å². The first-order valence-electron chi connectivity index (χ1n) is 7.44. The molecule has 3 rings (SSSR count). The van der Waals surface area contributed by atoms with Crippen molar-refractivity contribution in [2.75, 3.05) is 6.61 Å². The number of hydrogen-bond acceptors (Lipinski definition) is 6. The third-order valence-corrected chi connectivity index (χ3v) is 4.76. The van der Waals surface area contributed by atoms with E-state index in [-0.39, 0.29) is 16.8 Å². The molecule has 1 N–H and O–H groups in total. The Hall–Kier alpha value is -1.83. The van der Waals surface area contributed by atoms with Gasteiger partial charge in [0.25, 0.3) is 5.56 Å². The van der Waals surface area contributed by atoms with Crippen LogP contribution >= 0.6 is 11.8 Å². The number of hydrogen-bond donors (Lipinski definition) is 1. The van der Waals surface area contributed by atoms with Crippen molar-refractivity contribution in [3.63, 3.8) is 0 Å². The minimum Gasteiger partial charge on any atom is -0.465 e. The summed E-state index contributed by atoms with van der Waals surface area (Å²) < 4.78 is 6.89. The quantitative estimate of drug-likeness (QED) is 0.675. The van der Waals surface area contributed by atoms with Crippen molar-refractivity contribution in [2.45, 2.75) is 49.9 Å². The summed E-state index contributed by atoms with van der Waals surface area (Å²) in [5.41, 5.74) is 1.70. The van der Waals surface area contributed by atoms with Crippen LogP contribution in [0.5, 0.6) is 0 Å². The van der Waals surface area contributed by atoms with Crippen molar-refractivity contribution >= 4 is 23.5 Å². The molecule has 0 spiro atoms. The number of carbonyl (C=O) groups is 1. The predicted octanol–water partition coefficient (Wildman–Crippen LogP) is 1.34. The van der Waals surface area contributed by atoms with Crippen LogP contribution < -0.4 is 5.56 Å². The molecule has 2 aromatic heterocycles. The molecule has 7 nitrogen and oxygen atoms in total. The maximum absolute atomic E-state index is 12.1. The molecule has 0 aromatic carbocycles. The number of fused-ring (bicyclic) bond motifs is 3. The minimum absolute atomic E-state index is 0.0791. The summed E-state index contributed by atoms with van der Waals surface area (Å²) in [6.07, 6.45) is 3.66. The van der Waals surface area contributed by atoms with Crippen LogP contribution in [0.25, 0.3) is 5.78 Å². The first kappa shape index (κ1) is 15.1. The smallest absolute Gasteiger partial charge is 0.319 e. The normalized spacial score (nSPS) is 15.5. The number of nitrogens with one attached hydrogen (secondary N) is 1. The molecule has 0 fully saturated rings. The Kier molecular flexibility index (Phi) is 4.19. The third kappa shape index (κ3) is 2.63. The van der Waals surface area contributed by atoms with Gasteiger partial charge >= 0.3 is 5.97 Å². The molecular formula is C14H18N4O3S. The van der Waals surface area contributed by atoms with Crippen LogP contribution in [0, 0.1) is 0 Å². The highest BCUT2D eigenvalue weighted by atomic mass is 32.2. The Labute approximate surface area is 131 Å². The van der Waals surface area contributed by atoms with Gasteiger partial charge in [-0.05, 0) is 39.5 Å². The lowest BCUT2D eigenvalue weighted by Gasteiger charge is -2.17. The lowest BCUT2D eigenvalue weighted by atomic mass is 9.97. The molecule has 2 aromatic rings. The number of nitrogens with zero attached hydrogens (tertiary/aromatic N) is 3. The van der Waals surface area contributed by atoms with E-state index in [2.05, 4.69) is 15.2 Å². The summed E-state index contributed by atoms with van der Waals surface area (Å²) >= 11 is 1.30. The Morgan fingerprint density at radius 3 is 2.95 bits per heavy atom. The lowest BCUT2D eigenvalue weighted by molar-refractivity contribution is -0.142. The van der Waals surface area contributed by atoms with E-state index in [0.717, 1.165) is 36.9 Å².